The minimum Gasteiger partial charge on any atom is -0.347 e. The van der Waals surface area contributed by atoms with Gasteiger partial charge in [0.2, 0.25) is 0 Å². The lowest BCUT2D eigenvalue weighted by molar-refractivity contribution is -0.315. The summed E-state index contributed by atoms with van der Waals surface area (Å²) < 4.78 is 12.5. The molecule has 1 aliphatic heterocycles. The van der Waals surface area contributed by atoms with E-state index in [9.17, 15) is 0 Å². The lowest BCUT2D eigenvalue weighted by Crippen LogP contribution is -2.65. The summed E-state index contributed by atoms with van der Waals surface area (Å²) in [5.41, 5.74) is 0.278. The Balaban J connectivity index is 2.29. The number of hydrogen-bond donors (Lipinski definition) is 0. The molecule has 0 N–H and O–H groups in total. The fraction of sp³-hybridized carbons (Fsp3) is 1.00. The smallest absolute Gasteiger partial charge is 0.194 e. The van der Waals surface area contributed by atoms with Gasteiger partial charge in [0.15, 0.2) is 5.79 Å². The first-order valence-electron chi connectivity index (χ1n) is 6.67. The summed E-state index contributed by atoms with van der Waals surface area (Å²) in [5, 5.41) is 0. The zero-order valence-corrected chi connectivity index (χ0v) is 15.1. The first kappa shape index (κ1) is 15.3. The number of hydrogen-bond acceptors (Lipinski definition) is 2. The maximum Gasteiger partial charge on any atom is 0.194 e. The lowest BCUT2D eigenvalue weighted by atomic mass is 9.69. The average molecular weight is 384 g/mol. The van der Waals surface area contributed by atoms with E-state index in [1.807, 2.05) is 0 Å². The summed E-state index contributed by atoms with van der Waals surface area (Å²) in [6, 6.07) is 0. The van der Waals surface area contributed by atoms with Crippen LogP contribution in [0.5, 0.6) is 0 Å². The van der Waals surface area contributed by atoms with Gasteiger partial charge in [-0.25, -0.2) is 0 Å². The van der Waals surface area contributed by atoms with Crippen molar-refractivity contribution in [3.63, 3.8) is 0 Å². The van der Waals surface area contributed by atoms with Crippen LogP contribution in [0.25, 0.3) is 0 Å². The van der Waals surface area contributed by atoms with E-state index in [0.29, 0.717) is 5.92 Å². The Hall–Kier alpha value is 0.880. The molecule has 2 fully saturated rings. The third kappa shape index (κ3) is 2.43. The molecule has 0 radical (unpaired) electrons. The predicted octanol–water partition coefficient (Wildman–Crippen LogP) is 4.35. The van der Waals surface area contributed by atoms with E-state index in [-0.39, 0.29) is 20.5 Å². The van der Waals surface area contributed by atoms with Crippen LogP contribution in [0.4, 0.5) is 0 Å². The van der Waals surface area contributed by atoms with Crippen molar-refractivity contribution < 1.29 is 9.47 Å². The molecule has 18 heavy (non-hydrogen) atoms. The summed E-state index contributed by atoms with van der Waals surface area (Å²) in [6.45, 7) is 12.7. The van der Waals surface area contributed by atoms with Gasteiger partial charge in [0.05, 0.1) is 22.9 Å². The highest BCUT2D eigenvalue weighted by Gasteiger charge is 2.59. The number of rotatable bonds is 0. The second-order valence-corrected chi connectivity index (χ2v) is 9.30. The van der Waals surface area contributed by atoms with Crippen molar-refractivity contribution in [1.82, 2.24) is 0 Å². The van der Waals surface area contributed by atoms with Crippen LogP contribution in [0.15, 0.2) is 0 Å². The molecule has 0 bridgehead atoms. The van der Waals surface area contributed by atoms with Crippen molar-refractivity contribution >= 4 is 31.9 Å². The molecule has 1 heterocycles. The van der Waals surface area contributed by atoms with Crippen molar-refractivity contribution in [2.45, 2.75) is 56.5 Å². The predicted molar refractivity (Wildman–Crippen MR) is 81.4 cm³/mol. The molecule has 1 saturated heterocycles. The minimum absolute atomic E-state index is 0.107. The fourth-order valence-corrected chi connectivity index (χ4v) is 4.93. The highest BCUT2D eigenvalue weighted by molar-refractivity contribution is 9.10. The summed E-state index contributed by atoms with van der Waals surface area (Å²) in [6.07, 6.45) is 1.16. The maximum absolute atomic E-state index is 6.24. The first-order chi connectivity index (χ1) is 8.11. The van der Waals surface area contributed by atoms with Gasteiger partial charge in [-0.3, -0.25) is 0 Å². The van der Waals surface area contributed by atoms with E-state index in [4.69, 9.17) is 9.47 Å². The van der Waals surface area contributed by atoms with Crippen molar-refractivity contribution in [3.8, 4) is 0 Å². The molecule has 2 aliphatic rings. The van der Waals surface area contributed by atoms with Gasteiger partial charge in [-0.1, -0.05) is 66.5 Å². The molecule has 2 nitrogen and oxygen atoms in total. The van der Waals surface area contributed by atoms with E-state index < -0.39 is 5.79 Å². The Morgan fingerprint density at radius 3 is 2.00 bits per heavy atom. The van der Waals surface area contributed by atoms with E-state index in [2.05, 4.69) is 66.5 Å². The van der Waals surface area contributed by atoms with Gasteiger partial charge in [-0.05, 0) is 17.8 Å². The van der Waals surface area contributed by atoms with Crippen molar-refractivity contribution in [2.75, 3.05) is 13.2 Å². The van der Waals surface area contributed by atoms with Gasteiger partial charge in [0, 0.05) is 5.41 Å². The monoisotopic (exact) mass is 382 g/mol. The second kappa shape index (κ2) is 4.71. The zero-order chi connectivity index (χ0) is 13.8. The molecule has 1 spiro atoms. The lowest BCUT2D eigenvalue weighted by Gasteiger charge is -2.57. The van der Waals surface area contributed by atoms with Crippen molar-refractivity contribution in [3.05, 3.63) is 0 Å². The van der Waals surface area contributed by atoms with Gasteiger partial charge < -0.3 is 9.47 Å². The fourth-order valence-electron chi connectivity index (χ4n) is 3.12. The van der Waals surface area contributed by atoms with Crippen LogP contribution in [0, 0.1) is 16.7 Å². The van der Waals surface area contributed by atoms with Crippen LogP contribution >= 0.6 is 31.9 Å². The molecule has 1 saturated carbocycles. The topological polar surface area (TPSA) is 18.5 Å². The van der Waals surface area contributed by atoms with Crippen LogP contribution in [-0.4, -0.2) is 28.7 Å². The van der Waals surface area contributed by atoms with E-state index in [1.165, 1.54) is 0 Å². The Kier molecular flexibility index (Phi) is 4.00. The molecule has 0 aromatic rings. The summed E-state index contributed by atoms with van der Waals surface area (Å²) in [4.78, 5) is 0.438. The number of halogens is 2. The molecule has 0 unspecified atom stereocenters. The van der Waals surface area contributed by atoms with E-state index in [1.54, 1.807) is 0 Å². The summed E-state index contributed by atoms with van der Waals surface area (Å²) in [7, 11) is 0. The normalized spacial score (nSPS) is 41.8. The number of ether oxygens (including phenoxy) is 2. The van der Waals surface area contributed by atoms with Crippen LogP contribution < -0.4 is 0 Å². The van der Waals surface area contributed by atoms with Crippen LogP contribution in [0.3, 0.4) is 0 Å². The Morgan fingerprint density at radius 2 is 1.50 bits per heavy atom. The zero-order valence-electron chi connectivity index (χ0n) is 11.9. The first-order valence-corrected chi connectivity index (χ1v) is 8.50. The highest BCUT2D eigenvalue weighted by Crippen LogP contribution is 2.54. The van der Waals surface area contributed by atoms with Crippen LogP contribution in [-0.2, 0) is 9.47 Å². The van der Waals surface area contributed by atoms with Crippen molar-refractivity contribution in [1.29, 1.82) is 0 Å². The molecule has 0 aromatic carbocycles. The molecule has 4 heteroatoms. The summed E-state index contributed by atoms with van der Waals surface area (Å²) >= 11 is 7.68. The van der Waals surface area contributed by atoms with Gasteiger partial charge in [-0.15, -0.1) is 0 Å². The Bertz CT molecular complexity index is 318. The van der Waals surface area contributed by atoms with Crippen molar-refractivity contribution in [2.24, 2.45) is 16.7 Å². The largest absolute Gasteiger partial charge is 0.347 e. The van der Waals surface area contributed by atoms with Crippen LogP contribution in [0.1, 0.15) is 41.0 Å². The molecule has 0 aromatic heterocycles. The third-order valence-corrected chi connectivity index (χ3v) is 7.57. The minimum atomic E-state index is -0.531. The maximum atomic E-state index is 6.24. The standard InChI is InChI=1S/C14H24Br2O2/c1-9-6-13(4,5)11(16)14(10(9)15)17-7-12(2,3)8-18-14/h9-11H,6-8H2,1-5H3/t9-,10-,11-/m1/s1. The number of alkyl halides is 2. The van der Waals surface area contributed by atoms with Crippen LogP contribution in [0.2, 0.25) is 0 Å². The SMILES string of the molecule is C[C@@H]1CC(C)(C)[C@@H](Br)C2(OCC(C)(C)CO2)[C@@H]1Br. The molecule has 106 valence electrons. The van der Waals surface area contributed by atoms with Gasteiger partial charge in [-0.2, -0.15) is 0 Å². The second-order valence-electron chi connectivity index (χ2n) is 7.40. The molecule has 2 rings (SSSR count). The van der Waals surface area contributed by atoms with Gasteiger partial charge in [0.25, 0.3) is 0 Å². The van der Waals surface area contributed by atoms with Gasteiger partial charge >= 0.3 is 0 Å². The Morgan fingerprint density at radius 1 is 1.00 bits per heavy atom. The quantitative estimate of drug-likeness (QED) is 0.579. The molecule has 1 aliphatic carbocycles. The third-order valence-electron chi connectivity index (χ3n) is 4.15. The Labute approximate surface area is 127 Å². The van der Waals surface area contributed by atoms with E-state index >= 15 is 0 Å². The molecule has 3 atom stereocenters. The molecule has 0 amide bonds. The molecular formula is C14H24Br2O2. The summed E-state index contributed by atoms with van der Waals surface area (Å²) in [5.74, 6) is 0.00598. The van der Waals surface area contributed by atoms with Gasteiger partial charge in [0.1, 0.15) is 0 Å². The molecular weight excluding hydrogens is 360 g/mol. The average Bonchev–Trinajstić information content (AvgIpc) is 2.26. The highest BCUT2D eigenvalue weighted by atomic mass is 79.9. The van der Waals surface area contributed by atoms with E-state index in [0.717, 1.165) is 19.6 Å².